The zero-order valence-corrected chi connectivity index (χ0v) is 10.9. The van der Waals surface area contributed by atoms with Crippen LogP contribution in [0.25, 0.3) is 0 Å². The molecule has 2 N–H and O–H groups in total. The highest BCUT2D eigenvalue weighted by atomic mass is 15.2. The molecule has 1 aromatic carbocycles. The molecule has 0 radical (unpaired) electrons. The Morgan fingerprint density at radius 2 is 1.88 bits per heavy atom. The lowest BCUT2D eigenvalue weighted by molar-refractivity contribution is 0.414. The van der Waals surface area contributed by atoms with Gasteiger partial charge in [0.1, 0.15) is 0 Å². The van der Waals surface area contributed by atoms with Gasteiger partial charge in [-0.25, -0.2) is 0 Å². The largest absolute Gasteiger partial charge is 0.397 e. The van der Waals surface area contributed by atoms with Crippen LogP contribution >= 0.6 is 0 Å². The molecule has 0 atom stereocenters. The molecular weight excluding hydrogens is 208 g/mol. The minimum Gasteiger partial charge on any atom is -0.397 e. The lowest BCUT2D eigenvalue weighted by Crippen LogP contribution is -2.37. The van der Waals surface area contributed by atoms with Gasteiger partial charge in [-0.05, 0) is 31.4 Å². The molecule has 1 aliphatic rings. The Hall–Kier alpha value is -1.18. The van der Waals surface area contributed by atoms with Crippen LogP contribution in [0, 0.1) is 0 Å². The Bertz CT molecular complexity index is 343. The second kappa shape index (κ2) is 5.95. The van der Waals surface area contributed by atoms with Crippen LogP contribution in [0.3, 0.4) is 0 Å². The minimum atomic E-state index is 0.702. The molecule has 1 saturated carbocycles. The average molecular weight is 232 g/mol. The normalized spacial score (nSPS) is 17.0. The Kier molecular flexibility index (Phi) is 4.29. The summed E-state index contributed by atoms with van der Waals surface area (Å²) in [5.74, 6) is 0. The van der Waals surface area contributed by atoms with Crippen LogP contribution in [0.15, 0.2) is 24.3 Å². The molecule has 2 nitrogen and oxygen atoms in total. The predicted octanol–water partition coefficient (Wildman–Crippen LogP) is 3.82. The van der Waals surface area contributed by atoms with Crippen LogP contribution in [-0.2, 0) is 0 Å². The fourth-order valence-electron chi connectivity index (χ4n) is 2.88. The van der Waals surface area contributed by atoms with E-state index in [0.29, 0.717) is 6.04 Å². The Labute approximate surface area is 105 Å². The van der Waals surface area contributed by atoms with E-state index in [4.69, 9.17) is 5.73 Å². The van der Waals surface area contributed by atoms with Gasteiger partial charge in [0.05, 0.1) is 11.4 Å². The van der Waals surface area contributed by atoms with E-state index in [9.17, 15) is 0 Å². The third-order valence-electron chi connectivity index (χ3n) is 3.73. The standard InChI is InChI=1S/C15H24N2/c1-2-12-17(13-8-4-3-5-9-13)15-11-7-6-10-14(15)16/h6-7,10-11,13H,2-5,8-9,12,16H2,1H3. The molecule has 0 saturated heterocycles. The van der Waals surface area contributed by atoms with Gasteiger partial charge in [0.15, 0.2) is 0 Å². The predicted molar refractivity (Wildman–Crippen MR) is 75.4 cm³/mol. The highest BCUT2D eigenvalue weighted by Gasteiger charge is 2.21. The van der Waals surface area contributed by atoms with E-state index in [1.807, 2.05) is 12.1 Å². The summed E-state index contributed by atoms with van der Waals surface area (Å²) in [6.07, 6.45) is 7.99. The molecular formula is C15H24N2. The van der Waals surface area contributed by atoms with Crippen molar-refractivity contribution >= 4 is 11.4 Å². The lowest BCUT2D eigenvalue weighted by Gasteiger charge is -2.36. The molecule has 0 amide bonds. The summed E-state index contributed by atoms with van der Waals surface area (Å²) in [6, 6.07) is 9.00. The van der Waals surface area contributed by atoms with E-state index in [2.05, 4.69) is 24.0 Å². The second-order valence-corrected chi connectivity index (χ2v) is 5.04. The molecule has 0 spiro atoms. The van der Waals surface area contributed by atoms with Crippen molar-refractivity contribution in [1.82, 2.24) is 0 Å². The maximum absolute atomic E-state index is 6.12. The van der Waals surface area contributed by atoms with Crippen molar-refractivity contribution in [3.63, 3.8) is 0 Å². The highest BCUT2D eigenvalue weighted by Crippen LogP contribution is 2.30. The third kappa shape index (κ3) is 2.93. The highest BCUT2D eigenvalue weighted by molar-refractivity contribution is 5.67. The number of rotatable bonds is 4. The smallest absolute Gasteiger partial charge is 0.0602 e. The zero-order valence-electron chi connectivity index (χ0n) is 10.9. The van der Waals surface area contributed by atoms with E-state index < -0.39 is 0 Å². The van der Waals surface area contributed by atoms with Crippen molar-refractivity contribution in [2.45, 2.75) is 51.5 Å². The summed E-state index contributed by atoms with van der Waals surface area (Å²) in [5.41, 5.74) is 8.28. The van der Waals surface area contributed by atoms with Crippen molar-refractivity contribution in [2.75, 3.05) is 17.2 Å². The average Bonchev–Trinajstić information content (AvgIpc) is 2.38. The van der Waals surface area contributed by atoms with E-state index in [-0.39, 0.29) is 0 Å². The van der Waals surface area contributed by atoms with Crippen molar-refractivity contribution < 1.29 is 0 Å². The molecule has 0 heterocycles. The van der Waals surface area contributed by atoms with Gasteiger partial charge in [-0.3, -0.25) is 0 Å². The molecule has 94 valence electrons. The van der Waals surface area contributed by atoms with Crippen molar-refractivity contribution in [1.29, 1.82) is 0 Å². The van der Waals surface area contributed by atoms with E-state index in [0.717, 1.165) is 12.2 Å². The summed E-state index contributed by atoms with van der Waals surface area (Å²) < 4.78 is 0. The van der Waals surface area contributed by atoms with Gasteiger partial charge < -0.3 is 10.6 Å². The molecule has 1 aliphatic carbocycles. The van der Waals surface area contributed by atoms with Gasteiger partial charge in [-0.2, -0.15) is 0 Å². The molecule has 0 aliphatic heterocycles. The number of nitrogen functional groups attached to an aromatic ring is 1. The van der Waals surface area contributed by atoms with Gasteiger partial charge in [0.25, 0.3) is 0 Å². The maximum atomic E-state index is 6.12. The maximum Gasteiger partial charge on any atom is 0.0602 e. The number of hydrogen-bond donors (Lipinski definition) is 1. The molecule has 1 aromatic rings. The molecule has 1 fully saturated rings. The number of anilines is 2. The Balaban J connectivity index is 2.18. The molecule has 0 bridgehead atoms. The van der Waals surface area contributed by atoms with Gasteiger partial charge in [-0.1, -0.05) is 38.3 Å². The monoisotopic (exact) mass is 232 g/mol. The van der Waals surface area contributed by atoms with E-state index in [1.54, 1.807) is 0 Å². The molecule has 0 unspecified atom stereocenters. The van der Waals surface area contributed by atoms with Gasteiger partial charge >= 0.3 is 0 Å². The van der Waals surface area contributed by atoms with Crippen molar-refractivity contribution in [3.8, 4) is 0 Å². The van der Waals surface area contributed by atoms with Crippen LogP contribution in [-0.4, -0.2) is 12.6 Å². The number of nitrogens with zero attached hydrogens (tertiary/aromatic N) is 1. The molecule has 17 heavy (non-hydrogen) atoms. The van der Waals surface area contributed by atoms with Crippen LogP contribution < -0.4 is 10.6 Å². The fraction of sp³-hybridized carbons (Fsp3) is 0.600. The van der Waals surface area contributed by atoms with E-state index >= 15 is 0 Å². The first-order valence-electron chi connectivity index (χ1n) is 6.94. The van der Waals surface area contributed by atoms with Crippen molar-refractivity contribution in [3.05, 3.63) is 24.3 Å². The quantitative estimate of drug-likeness (QED) is 0.800. The SMILES string of the molecule is CCCN(c1ccccc1N)C1CCCCC1. The van der Waals surface area contributed by atoms with Crippen LogP contribution in [0.4, 0.5) is 11.4 Å². The summed E-state index contributed by atoms with van der Waals surface area (Å²) in [7, 11) is 0. The van der Waals surface area contributed by atoms with Crippen molar-refractivity contribution in [2.24, 2.45) is 0 Å². The first-order valence-corrected chi connectivity index (χ1v) is 6.94. The first-order chi connectivity index (χ1) is 8.33. The topological polar surface area (TPSA) is 29.3 Å². The molecule has 2 heteroatoms. The number of benzene rings is 1. The summed E-state index contributed by atoms with van der Waals surface area (Å²) >= 11 is 0. The minimum absolute atomic E-state index is 0.702. The fourth-order valence-corrected chi connectivity index (χ4v) is 2.88. The first kappa shape index (κ1) is 12.3. The van der Waals surface area contributed by atoms with Crippen LogP contribution in [0.5, 0.6) is 0 Å². The van der Waals surface area contributed by atoms with Gasteiger partial charge in [-0.15, -0.1) is 0 Å². The summed E-state index contributed by atoms with van der Waals surface area (Å²) in [6.45, 7) is 3.37. The second-order valence-electron chi connectivity index (χ2n) is 5.04. The summed E-state index contributed by atoms with van der Waals surface area (Å²) in [5, 5.41) is 0. The van der Waals surface area contributed by atoms with Crippen LogP contribution in [0.2, 0.25) is 0 Å². The zero-order chi connectivity index (χ0) is 12.1. The summed E-state index contributed by atoms with van der Waals surface area (Å²) in [4.78, 5) is 2.54. The molecule has 0 aromatic heterocycles. The van der Waals surface area contributed by atoms with Crippen LogP contribution in [0.1, 0.15) is 45.4 Å². The third-order valence-corrected chi connectivity index (χ3v) is 3.73. The van der Waals surface area contributed by atoms with Gasteiger partial charge in [0, 0.05) is 12.6 Å². The van der Waals surface area contributed by atoms with Gasteiger partial charge in [0.2, 0.25) is 0 Å². The number of para-hydroxylation sites is 2. The number of nitrogens with two attached hydrogens (primary N) is 1. The molecule has 2 rings (SSSR count). The lowest BCUT2D eigenvalue weighted by atomic mass is 9.93. The number of hydrogen-bond acceptors (Lipinski definition) is 2. The Morgan fingerprint density at radius 1 is 1.18 bits per heavy atom. The van der Waals surface area contributed by atoms with E-state index in [1.165, 1.54) is 44.2 Å². The Morgan fingerprint density at radius 3 is 2.53 bits per heavy atom.